The van der Waals surface area contributed by atoms with Crippen LogP contribution in [0.1, 0.15) is 46.5 Å². The molecule has 1 aliphatic rings. The second-order valence-corrected chi connectivity index (χ2v) is 7.48. The predicted octanol–water partition coefficient (Wildman–Crippen LogP) is 2.54. The van der Waals surface area contributed by atoms with Gasteiger partial charge in [0.2, 0.25) is 0 Å². The molecule has 0 aromatic heterocycles. The number of hydrogen-bond acceptors (Lipinski definition) is 3. The molecule has 1 rings (SSSR count). The smallest absolute Gasteiger partial charge is 0.191 e. The SMILES string of the molecule is CCNC(=NCC(CCO)CC(C)C)NCC(C1CC1)N(C)C.I. The first-order valence-corrected chi connectivity index (χ1v) is 9.27. The summed E-state index contributed by atoms with van der Waals surface area (Å²) in [6.07, 6.45) is 4.66. The lowest BCUT2D eigenvalue weighted by molar-refractivity contribution is 0.245. The summed E-state index contributed by atoms with van der Waals surface area (Å²) in [7, 11) is 4.32. The summed E-state index contributed by atoms with van der Waals surface area (Å²) in [5, 5.41) is 16.1. The van der Waals surface area contributed by atoms with Crippen LogP contribution in [0.15, 0.2) is 4.99 Å². The van der Waals surface area contributed by atoms with Crippen molar-refractivity contribution in [1.29, 1.82) is 0 Å². The molecule has 2 unspecified atom stereocenters. The van der Waals surface area contributed by atoms with E-state index in [1.165, 1.54) is 12.8 Å². The van der Waals surface area contributed by atoms with Crippen LogP contribution in [-0.4, -0.2) is 62.3 Å². The van der Waals surface area contributed by atoms with E-state index in [1.807, 2.05) is 0 Å². The molecule has 0 aromatic carbocycles. The van der Waals surface area contributed by atoms with Crippen LogP contribution in [-0.2, 0) is 0 Å². The maximum Gasteiger partial charge on any atom is 0.191 e. The van der Waals surface area contributed by atoms with Crippen LogP contribution in [0.5, 0.6) is 0 Å². The monoisotopic (exact) mass is 454 g/mol. The Balaban J connectivity index is 0.00000529. The van der Waals surface area contributed by atoms with Crippen LogP contribution in [0.4, 0.5) is 0 Å². The molecule has 2 atom stereocenters. The van der Waals surface area contributed by atoms with Crippen LogP contribution < -0.4 is 10.6 Å². The van der Waals surface area contributed by atoms with E-state index in [2.05, 4.69) is 50.4 Å². The van der Waals surface area contributed by atoms with Crippen molar-refractivity contribution in [2.45, 2.75) is 52.5 Å². The van der Waals surface area contributed by atoms with Gasteiger partial charge in [0.25, 0.3) is 0 Å². The van der Waals surface area contributed by atoms with E-state index in [1.54, 1.807) is 0 Å². The highest BCUT2D eigenvalue weighted by molar-refractivity contribution is 14.0. The highest BCUT2D eigenvalue weighted by atomic mass is 127. The van der Waals surface area contributed by atoms with E-state index in [4.69, 9.17) is 4.99 Å². The zero-order valence-corrected chi connectivity index (χ0v) is 18.5. The first-order valence-electron chi connectivity index (χ1n) is 9.27. The molecule has 1 fully saturated rings. The van der Waals surface area contributed by atoms with E-state index in [0.29, 0.717) is 17.9 Å². The van der Waals surface area contributed by atoms with Crippen LogP contribution in [0, 0.1) is 17.8 Å². The second kappa shape index (κ2) is 13.2. The van der Waals surface area contributed by atoms with Crippen molar-refractivity contribution >= 4 is 29.9 Å². The van der Waals surface area contributed by atoms with Crippen molar-refractivity contribution in [3.05, 3.63) is 0 Å². The van der Waals surface area contributed by atoms with Crippen molar-refractivity contribution in [3.8, 4) is 0 Å². The van der Waals surface area contributed by atoms with Crippen molar-refractivity contribution in [1.82, 2.24) is 15.5 Å². The van der Waals surface area contributed by atoms with Crippen molar-refractivity contribution in [3.63, 3.8) is 0 Å². The van der Waals surface area contributed by atoms with E-state index >= 15 is 0 Å². The molecule has 1 saturated carbocycles. The van der Waals surface area contributed by atoms with Gasteiger partial charge in [-0.25, -0.2) is 0 Å². The van der Waals surface area contributed by atoms with Gasteiger partial charge in [0.15, 0.2) is 5.96 Å². The molecule has 0 amide bonds. The highest BCUT2D eigenvalue weighted by Gasteiger charge is 2.32. The lowest BCUT2D eigenvalue weighted by atomic mass is 9.94. The maximum absolute atomic E-state index is 9.24. The molecule has 1 aliphatic carbocycles. The largest absolute Gasteiger partial charge is 0.396 e. The summed E-state index contributed by atoms with van der Waals surface area (Å²) in [5.74, 6) is 2.85. The first kappa shape index (κ1) is 23.9. The van der Waals surface area contributed by atoms with Gasteiger partial charge in [-0.15, -0.1) is 24.0 Å². The Hall–Kier alpha value is -0.0800. The molecular weight excluding hydrogens is 415 g/mol. The van der Waals surface area contributed by atoms with Crippen LogP contribution >= 0.6 is 24.0 Å². The molecule has 0 radical (unpaired) electrons. The minimum absolute atomic E-state index is 0. The maximum atomic E-state index is 9.24. The molecule has 6 heteroatoms. The Morgan fingerprint density at radius 2 is 1.92 bits per heavy atom. The molecule has 0 bridgehead atoms. The topological polar surface area (TPSA) is 59.9 Å². The third-order valence-corrected chi connectivity index (χ3v) is 4.50. The summed E-state index contributed by atoms with van der Waals surface area (Å²) in [6.45, 7) is 9.41. The second-order valence-electron chi connectivity index (χ2n) is 7.48. The van der Waals surface area contributed by atoms with E-state index in [9.17, 15) is 5.11 Å². The standard InChI is InChI=1S/C18H38N4O.HI/c1-6-19-18(20-12-15(9-10-23)11-14(2)3)21-13-17(22(4)5)16-7-8-16;/h14-17,23H,6-13H2,1-5H3,(H2,19,20,21);1H. The number of nitrogens with one attached hydrogen (secondary N) is 2. The number of hydrogen-bond donors (Lipinski definition) is 3. The van der Waals surface area contributed by atoms with Crippen LogP contribution in [0.25, 0.3) is 0 Å². The first-order chi connectivity index (χ1) is 11.0. The fourth-order valence-corrected chi connectivity index (χ4v) is 3.15. The number of likely N-dealkylation sites (N-methyl/N-ethyl adjacent to an activating group) is 1. The van der Waals surface area contributed by atoms with Gasteiger partial charge in [0.05, 0.1) is 0 Å². The van der Waals surface area contributed by atoms with Crippen molar-refractivity contribution in [2.24, 2.45) is 22.7 Å². The molecule has 0 aromatic rings. The summed E-state index contributed by atoms with van der Waals surface area (Å²) < 4.78 is 0. The van der Waals surface area contributed by atoms with E-state index in [0.717, 1.165) is 44.4 Å². The molecule has 0 spiro atoms. The zero-order chi connectivity index (χ0) is 17.2. The van der Waals surface area contributed by atoms with E-state index < -0.39 is 0 Å². The number of nitrogens with zero attached hydrogens (tertiary/aromatic N) is 2. The van der Waals surface area contributed by atoms with Crippen LogP contribution in [0.2, 0.25) is 0 Å². The molecular formula is C18H39IN4O. The molecule has 0 aliphatic heterocycles. The van der Waals surface area contributed by atoms with Gasteiger partial charge in [-0.05, 0) is 64.5 Å². The normalized spacial score (nSPS) is 17.6. The summed E-state index contributed by atoms with van der Waals surface area (Å²) in [4.78, 5) is 7.08. The molecule has 0 heterocycles. The zero-order valence-electron chi connectivity index (χ0n) is 16.2. The lowest BCUT2D eigenvalue weighted by Crippen LogP contribution is -2.46. The number of guanidine groups is 1. The van der Waals surface area contributed by atoms with Gasteiger partial charge in [-0.3, -0.25) is 4.99 Å². The predicted molar refractivity (Wildman–Crippen MR) is 114 cm³/mol. The molecule has 3 N–H and O–H groups in total. The fraction of sp³-hybridized carbons (Fsp3) is 0.944. The number of aliphatic imine (C=N–C) groups is 1. The fourth-order valence-electron chi connectivity index (χ4n) is 3.15. The average molecular weight is 454 g/mol. The number of halogens is 1. The quantitative estimate of drug-likeness (QED) is 0.255. The summed E-state index contributed by atoms with van der Waals surface area (Å²) >= 11 is 0. The van der Waals surface area contributed by atoms with Gasteiger partial charge >= 0.3 is 0 Å². The Labute approximate surface area is 166 Å². The minimum Gasteiger partial charge on any atom is -0.396 e. The molecule has 144 valence electrons. The number of rotatable bonds is 11. The summed E-state index contributed by atoms with van der Waals surface area (Å²) in [6, 6.07) is 0.586. The number of aliphatic hydroxyl groups is 1. The highest BCUT2D eigenvalue weighted by Crippen LogP contribution is 2.34. The van der Waals surface area contributed by atoms with Crippen molar-refractivity contribution in [2.75, 3.05) is 40.3 Å². The third-order valence-electron chi connectivity index (χ3n) is 4.50. The van der Waals surface area contributed by atoms with Crippen molar-refractivity contribution < 1.29 is 5.11 Å². The van der Waals surface area contributed by atoms with E-state index in [-0.39, 0.29) is 30.6 Å². The molecule has 5 nitrogen and oxygen atoms in total. The van der Waals surface area contributed by atoms with Gasteiger partial charge in [-0.1, -0.05) is 13.8 Å². The van der Waals surface area contributed by atoms with Gasteiger partial charge in [-0.2, -0.15) is 0 Å². The average Bonchev–Trinajstić information content (AvgIpc) is 3.28. The Kier molecular flexibility index (Phi) is 13.1. The Morgan fingerprint density at radius 3 is 2.38 bits per heavy atom. The Morgan fingerprint density at radius 1 is 1.25 bits per heavy atom. The lowest BCUT2D eigenvalue weighted by Gasteiger charge is -2.25. The third kappa shape index (κ3) is 10.0. The van der Waals surface area contributed by atoms with Gasteiger partial charge in [0, 0.05) is 32.3 Å². The molecule has 0 saturated heterocycles. The molecule has 24 heavy (non-hydrogen) atoms. The minimum atomic E-state index is 0. The van der Waals surface area contributed by atoms with Gasteiger partial charge < -0.3 is 20.6 Å². The Bertz CT molecular complexity index is 344. The van der Waals surface area contributed by atoms with Gasteiger partial charge in [0.1, 0.15) is 0 Å². The summed E-state index contributed by atoms with van der Waals surface area (Å²) in [5.41, 5.74) is 0. The van der Waals surface area contributed by atoms with Crippen LogP contribution in [0.3, 0.4) is 0 Å². The number of aliphatic hydroxyl groups excluding tert-OH is 1.